The third-order valence-corrected chi connectivity index (χ3v) is 7.32. The van der Waals surface area contributed by atoms with Gasteiger partial charge < -0.3 is 14.4 Å². The molecule has 0 amide bonds. The number of aliphatic carboxylic acids is 1. The van der Waals surface area contributed by atoms with Crippen LogP contribution in [-0.2, 0) is 31.1 Å². The first-order valence-electron chi connectivity index (χ1n) is 14.5. The Balaban J connectivity index is 1.75. The molecule has 0 saturated heterocycles. The number of carbonyl (C=O) groups is 2. The number of aryl methyl sites for hydroxylation is 1. The molecule has 1 N–H and O–H groups in total. The molecule has 5 heteroatoms. The second-order valence-electron chi connectivity index (χ2n) is 11.0. The molecule has 1 aromatic heterocycles. The maximum atomic E-state index is 13.5. The molecule has 3 rings (SSSR count). The number of ketones is 1. The lowest BCUT2D eigenvalue weighted by molar-refractivity contribution is -0.137. The molecule has 0 fully saturated rings. The van der Waals surface area contributed by atoms with Crippen LogP contribution < -0.4 is 4.74 Å². The van der Waals surface area contributed by atoms with E-state index >= 15 is 0 Å². The molecule has 0 unspecified atom stereocenters. The van der Waals surface area contributed by atoms with Gasteiger partial charge in [-0.2, -0.15) is 0 Å². The van der Waals surface area contributed by atoms with Gasteiger partial charge in [-0.1, -0.05) is 64.8 Å². The summed E-state index contributed by atoms with van der Waals surface area (Å²) in [6, 6.07) is 18.3. The Kier molecular flexibility index (Phi) is 11.4. The van der Waals surface area contributed by atoms with Gasteiger partial charge in [0, 0.05) is 36.0 Å². The Morgan fingerprint density at radius 3 is 2.23 bits per heavy atom. The van der Waals surface area contributed by atoms with E-state index in [0.717, 1.165) is 49.2 Å². The van der Waals surface area contributed by atoms with E-state index in [4.69, 9.17) is 9.84 Å². The van der Waals surface area contributed by atoms with Crippen molar-refractivity contribution in [2.75, 3.05) is 0 Å². The molecule has 3 aromatic rings. The predicted octanol–water partition coefficient (Wildman–Crippen LogP) is 8.12. The summed E-state index contributed by atoms with van der Waals surface area (Å²) < 4.78 is 8.52. The summed E-state index contributed by atoms with van der Waals surface area (Å²) in [6.07, 6.45) is 7.48. The smallest absolute Gasteiger partial charge is 0.303 e. The van der Waals surface area contributed by atoms with Crippen molar-refractivity contribution < 1.29 is 19.4 Å². The van der Waals surface area contributed by atoms with Crippen molar-refractivity contribution >= 4 is 11.8 Å². The Morgan fingerprint density at radius 1 is 0.949 bits per heavy atom. The number of rotatable bonds is 16. The van der Waals surface area contributed by atoms with E-state index < -0.39 is 5.97 Å². The minimum absolute atomic E-state index is 0.0151. The third kappa shape index (κ3) is 8.58. The number of benzene rings is 2. The fourth-order valence-electron chi connectivity index (χ4n) is 5.20. The van der Waals surface area contributed by atoms with Crippen LogP contribution in [0.1, 0.15) is 111 Å². The summed E-state index contributed by atoms with van der Waals surface area (Å²) in [5, 5.41) is 8.97. The Labute approximate surface area is 234 Å². The highest BCUT2D eigenvalue weighted by Crippen LogP contribution is 2.29. The van der Waals surface area contributed by atoms with E-state index in [1.807, 2.05) is 48.9 Å². The quantitative estimate of drug-likeness (QED) is 0.150. The molecular formula is C34H45NO4. The van der Waals surface area contributed by atoms with Gasteiger partial charge in [0.1, 0.15) is 11.9 Å². The number of carbonyl (C=O) groups excluding carboxylic acids is 1. The van der Waals surface area contributed by atoms with Crippen LogP contribution in [0.2, 0.25) is 0 Å². The van der Waals surface area contributed by atoms with Gasteiger partial charge in [-0.25, -0.2) is 0 Å². The fourth-order valence-corrected chi connectivity index (χ4v) is 5.20. The first-order chi connectivity index (χ1) is 18.7. The zero-order valence-electron chi connectivity index (χ0n) is 24.3. The van der Waals surface area contributed by atoms with Gasteiger partial charge in [0.25, 0.3) is 0 Å². The van der Waals surface area contributed by atoms with Gasteiger partial charge in [-0.05, 0) is 85.9 Å². The van der Waals surface area contributed by atoms with Crippen LogP contribution in [0.25, 0.3) is 0 Å². The van der Waals surface area contributed by atoms with Crippen LogP contribution in [0, 0.1) is 5.92 Å². The molecule has 5 nitrogen and oxygen atoms in total. The Hall–Kier alpha value is -3.34. The van der Waals surface area contributed by atoms with Crippen molar-refractivity contribution in [3.8, 4) is 5.75 Å². The zero-order valence-corrected chi connectivity index (χ0v) is 24.3. The normalized spacial score (nSPS) is 12.1. The third-order valence-electron chi connectivity index (χ3n) is 7.32. The SMILES string of the molecule is CCCCC[C@H](Oc1ccc(C(=O)c2cc(CCCC(=O)O)n(C)c2CC)cc1)c1ccc(CC(C)C)cc1. The van der Waals surface area contributed by atoms with E-state index in [1.54, 1.807) is 0 Å². The predicted molar refractivity (Wildman–Crippen MR) is 158 cm³/mol. The Morgan fingerprint density at radius 2 is 1.64 bits per heavy atom. The summed E-state index contributed by atoms with van der Waals surface area (Å²) in [4.78, 5) is 24.4. The molecule has 0 aliphatic heterocycles. The number of hydrogen-bond donors (Lipinski definition) is 1. The lowest BCUT2D eigenvalue weighted by Crippen LogP contribution is -2.09. The van der Waals surface area contributed by atoms with Crippen molar-refractivity contribution in [1.29, 1.82) is 0 Å². The molecule has 0 aliphatic carbocycles. The standard InChI is InChI=1S/C34H45NO4/c1-6-8-9-12-32(26-16-14-25(15-17-26)22-24(3)4)39-29-20-18-27(19-21-29)34(38)30-23-28(11-10-13-33(36)37)35(5)31(30)7-2/h14-21,23-24,32H,6-13,22H2,1-5H3,(H,36,37)/t32-/m0/s1. The second kappa shape index (κ2) is 14.7. The summed E-state index contributed by atoms with van der Waals surface area (Å²) >= 11 is 0. The van der Waals surface area contributed by atoms with E-state index in [0.29, 0.717) is 29.9 Å². The van der Waals surface area contributed by atoms with Gasteiger partial charge in [0.05, 0.1) is 0 Å². The van der Waals surface area contributed by atoms with Crippen molar-refractivity contribution in [2.24, 2.45) is 13.0 Å². The van der Waals surface area contributed by atoms with Gasteiger partial charge in [-0.15, -0.1) is 0 Å². The van der Waals surface area contributed by atoms with Crippen molar-refractivity contribution in [1.82, 2.24) is 4.57 Å². The highest BCUT2D eigenvalue weighted by molar-refractivity contribution is 6.10. The molecular weight excluding hydrogens is 486 g/mol. The summed E-state index contributed by atoms with van der Waals surface area (Å²) in [7, 11) is 1.96. The van der Waals surface area contributed by atoms with E-state index in [-0.39, 0.29) is 18.3 Å². The highest BCUT2D eigenvalue weighted by Gasteiger charge is 2.20. The van der Waals surface area contributed by atoms with Crippen LogP contribution in [-0.4, -0.2) is 21.4 Å². The molecule has 0 aliphatic rings. The number of nitrogens with zero attached hydrogens (tertiary/aromatic N) is 1. The minimum atomic E-state index is -0.797. The first-order valence-corrected chi connectivity index (χ1v) is 14.5. The van der Waals surface area contributed by atoms with Gasteiger partial charge in [0.15, 0.2) is 5.78 Å². The number of hydrogen-bond acceptors (Lipinski definition) is 3. The first kappa shape index (κ1) is 30.2. The summed E-state index contributed by atoms with van der Waals surface area (Å²) in [6.45, 7) is 8.72. The molecule has 39 heavy (non-hydrogen) atoms. The van der Waals surface area contributed by atoms with E-state index in [1.165, 1.54) is 17.5 Å². The van der Waals surface area contributed by atoms with Gasteiger partial charge >= 0.3 is 5.97 Å². The lowest BCUT2D eigenvalue weighted by atomic mass is 9.98. The van der Waals surface area contributed by atoms with Crippen molar-refractivity contribution in [3.05, 3.63) is 88.2 Å². The molecule has 1 heterocycles. The lowest BCUT2D eigenvalue weighted by Gasteiger charge is -2.20. The van der Waals surface area contributed by atoms with Gasteiger partial charge in [-0.3, -0.25) is 9.59 Å². The zero-order chi connectivity index (χ0) is 28.4. The molecule has 0 radical (unpaired) electrons. The molecule has 2 aromatic carbocycles. The van der Waals surface area contributed by atoms with Crippen LogP contribution in [0.4, 0.5) is 0 Å². The molecule has 0 spiro atoms. The van der Waals surface area contributed by atoms with Crippen LogP contribution in [0.5, 0.6) is 5.75 Å². The minimum Gasteiger partial charge on any atom is -0.486 e. The van der Waals surface area contributed by atoms with Crippen LogP contribution in [0.15, 0.2) is 54.6 Å². The highest BCUT2D eigenvalue weighted by atomic mass is 16.5. The van der Waals surface area contributed by atoms with Crippen LogP contribution in [0.3, 0.4) is 0 Å². The molecule has 0 saturated carbocycles. The topological polar surface area (TPSA) is 68.5 Å². The summed E-state index contributed by atoms with van der Waals surface area (Å²) in [5.74, 6) is 0.576. The maximum Gasteiger partial charge on any atom is 0.303 e. The van der Waals surface area contributed by atoms with Crippen LogP contribution >= 0.6 is 0 Å². The second-order valence-corrected chi connectivity index (χ2v) is 11.0. The number of carboxylic acids is 1. The van der Waals surface area contributed by atoms with E-state index in [9.17, 15) is 9.59 Å². The number of ether oxygens (including phenoxy) is 1. The maximum absolute atomic E-state index is 13.5. The molecule has 0 bridgehead atoms. The monoisotopic (exact) mass is 531 g/mol. The fraction of sp³-hybridized carbons (Fsp3) is 0.471. The van der Waals surface area contributed by atoms with Gasteiger partial charge in [0.2, 0.25) is 0 Å². The largest absolute Gasteiger partial charge is 0.486 e. The molecule has 1 atom stereocenters. The number of unbranched alkanes of at least 4 members (excludes halogenated alkanes) is 2. The number of carboxylic acid groups (broad SMARTS) is 1. The molecule has 210 valence electrons. The number of aromatic nitrogens is 1. The Bertz CT molecular complexity index is 1210. The van der Waals surface area contributed by atoms with Crippen molar-refractivity contribution in [2.45, 2.75) is 91.6 Å². The van der Waals surface area contributed by atoms with E-state index in [2.05, 4.69) is 45.0 Å². The average molecular weight is 532 g/mol. The summed E-state index contributed by atoms with van der Waals surface area (Å²) in [5.41, 5.74) is 5.82. The average Bonchev–Trinajstić information content (AvgIpc) is 3.23. The van der Waals surface area contributed by atoms with Crippen molar-refractivity contribution in [3.63, 3.8) is 0 Å².